The number of H-pyrrole nitrogens is 1. The minimum atomic E-state index is -1.32. The standard InChI is InChI=1S/C11H12N2O3/c12-9(11(15)16)10(14)7-5-13-8-4-2-1-3-6(7)8/h1-5,9-10,13-14H,12H2,(H,15,16)/t9-,10-/m0/s1. The van der Waals surface area contributed by atoms with E-state index in [1.165, 1.54) is 0 Å². The van der Waals surface area contributed by atoms with Gasteiger partial charge in [-0.1, -0.05) is 18.2 Å². The molecule has 5 heteroatoms. The third kappa shape index (κ3) is 1.66. The lowest BCUT2D eigenvalue weighted by atomic mass is 10.0. The van der Waals surface area contributed by atoms with E-state index in [2.05, 4.69) is 4.98 Å². The van der Waals surface area contributed by atoms with E-state index in [1.807, 2.05) is 18.2 Å². The molecule has 0 amide bonds. The Hall–Kier alpha value is -1.85. The maximum Gasteiger partial charge on any atom is 0.323 e. The molecular formula is C11H12N2O3. The second-order valence-corrected chi connectivity index (χ2v) is 3.60. The first-order chi connectivity index (χ1) is 7.61. The maximum absolute atomic E-state index is 10.7. The number of benzene rings is 1. The molecule has 0 aliphatic rings. The number of nitrogens with one attached hydrogen (secondary N) is 1. The van der Waals surface area contributed by atoms with Crippen LogP contribution in [0.25, 0.3) is 10.9 Å². The van der Waals surface area contributed by atoms with Gasteiger partial charge < -0.3 is 20.9 Å². The number of carbonyl (C=O) groups is 1. The van der Waals surface area contributed by atoms with E-state index >= 15 is 0 Å². The molecule has 0 aliphatic heterocycles. The van der Waals surface area contributed by atoms with E-state index in [-0.39, 0.29) is 0 Å². The molecule has 0 spiro atoms. The van der Waals surface area contributed by atoms with Crippen molar-refractivity contribution in [1.29, 1.82) is 0 Å². The van der Waals surface area contributed by atoms with E-state index < -0.39 is 18.1 Å². The average molecular weight is 220 g/mol. The predicted molar refractivity (Wildman–Crippen MR) is 58.9 cm³/mol. The number of hydrogen-bond donors (Lipinski definition) is 4. The number of nitrogens with two attached hydrogens (primary N) is 1. The summed E-state index contributed by atoms with van der Waals surface area (Å²) in [5.74, 6) is -1.22. The zero-order valence-corrected chi connectivity index (χ0v) is 8.42. The van der Waals surface area contributed by atoms with Crippen LogP contribution in [0.4, 0.5) is 0 Å². The molecule has 2 aromatic rings. The second-order valence-electron chi connectivity index (χ2n) is 3.60. The Morgan fingerprint density at radius 1 is 1.38 bits per heavy atom. The fourth-order valence-corrected chi connectivity index (χ4v) is 1.67. The van der Waals surface area contributed by atoms with Crippen molar-refractivity contribution in [1.82, 2.24) is 4.98 Å². The van der Waals surface area contributed by atoms with Crippen LogP contribution in [-0.4, -0.2) is 27.2 Å². The molecule has 0 bridgehead atoms. The van der Waals surface area contributed by atoms with Gasteiger partial charge in [0.25, 0.3) is 0 Å². The highest BCUT2D eigenvalue weighted by Gasteiger charge is 2.25. The number of hydrogen-bond acceptors (Lipinski definition) is 3. The number of fused-ring (bicyclic) bond motifs is 1. The fourth-order valence-electron chi connectivity index (χ4n) is 1.67. The molecule has 5 N–H and O–H groups in total. The number of aromatic nitrogens is 1. The zero-order chi connectivity index (χ0) is 11.7. The molecule has 1 aromatic heterocycles. The van der Waals surface area contributed by atoms with Gasteiger partial charge in [-0.2, -0.15) is 0 Å². The number of para-hydroxylation sites is 1. The van der Waals surface area contributed by atoms with Crippen LogP contribution >= 0.6 is 0 Å². The average Bonchev–Trinajstić information content (AvgIpc) is 2.70. The fraction of sp³-hybridized carbons (Fsp3) is 0.182. The van der Waals surface area contributed by atoms with Gasteiger partial charge in [0.15, 0.2) is 0 Å². The summed E-state index contributed by atoms with van der Waals surface area (Å²) >= 11 is 0. The molecule has 2 rings (SSSR count). The highest BCUT2D eigenvalue weighted by molar-refractivity contribution is 5.84. The third-order valence-corrected chi connectivity index (χ3v) is 2.57. The maximum atomic E-state index is 10.7. The lowest BCUT2D eigenvalue weighted by molar-refractivity contribution is -0.141. The van der Waals surface area contributed by atoms with Crippen LogP contribution in [0.3, 0.4) is 0 Å². The van der Waals surface area contributed by atoms with Crippen molar-refractivity contribution in [3.8, 4) is 0 Å². The van der Waals surface area contributed by atoms with Gasteiger partial charge >= 0.3 is 5.97 Å². The summed E-state index contributed by atoms with van der Waals surface area (Å²) in [5, 5.41) is 19.3. The predicted octanol–water partition coefficient (Wildman–Crippen LogP) is 0.613. The molecule has 0 unspecified atom stereocenters. The van der Waals surface area contributed by atoms with Gasteiger partial charge in [-0.05, 0) is 6.07 Å². The quantitative estimate of drug-likeness (QED) is 0.609. The Bertz CT molecular complexity index is 521. The molecular weight excluding hydrogens is 208 g/mol. The summed E-state index contributed by atoms with van der Waals surface area (Å²) in [4.78, 5) is 13.6. The summed E-state index contributed by atoms with van der Waals surface area (Å²) in [5.41, 5.74) is 6.73. The summed E-state index contributed by atoms with van der Waals surface area (Å²) in [7, 11) is 0. The smallest absolute Gasteiger partial charge is 0.323 e. The molecule has 0 saturated heterocycles. The SMILES string of the molecule is N[C@H](C(=O)O)[C@@H](O)c1c[nH]c2ccccc12. The summed E-state index contributed by atoms with van der Waals surface area (Å²) in [6.45, 7) is 0. The van der Waals surface area contributed by atoms with Crippen LogP contribution in [0.1, 0.15) is 11.7 Å². The van der Waals surface area contributed by atoms with Gasteiger partial charge in [-0.15, -0.1) is 0 Å². The van der Waals surface area contributed by atoms with Crippen LogP contribution in [-0.2, 0) is 4.79 Å². The van der Waals surface area contributed by atoms with Crippen LogP contribution in [0, 0.1) is 0 Å². The second kappa shape index (κ2) is 3.96. The lowest BCUT2D eigenvalue weighted by Gasteiger charge is -2.13. The first-order valence-electron chi connectivity index (χ1n) is 4.83. The van der Waals surface area contributed by atoms with Crippen LogP contribution < -0.4 is 5.73 Å². The number of aliphatic hydroxyl groups is 1. The minimum absolute atomic E-state index is 0.505. The first-order valence-corrected chi connectivity index (χ1v) is 4.83. The Morgan fingerprint density at radius 2 is 2.06 bits per heavy atom. The summed E-state index contributed by atoms with van der Waals surface area (Å²) in [6.07, 6.45) is 0.367. The van der Waals surface area contributed by atoms with Crippen LogP contribution in [0.5, 0.6) is 0 Å². The van der Waals surface area contributed by atoms with E-state index in [0.717, 1.165) is 10.9 Å². The van der Waals surface area contributed by atoms with Crippen molar-refractivity contribution in [3.05, 3.63) is 36.0 Å². The van der Waals surface area contributed by atoms with Crippen molar-refractivity contribution in [2.24, 2.45) is 5.73 Å². The van der Waals surface area contributed by atoms with Gasteiger partial charge in [0.2, 0.25) is 0 Å². The highest BCUT2D eigenvalue weighted by Crippen LogP contribution is 2.25. The molecule has 84 valence electrons. The van der Waals surface area contributed by atoms with E-state index in [4.69, 9.17) is 10.8 Å². The van der Waals surface area contributed by atoms with Gasteiger partial charge in [-0.3, -0.25) is 4.79 Å². The van der Waals surface area contributed by atoms with Crippen molar-refractivity contribution in [2.45, 2.75) is 12.1 Å². The molecule has 16 heavy (non-hydrogen) atoms. The number of rotatable bonds is 3. The van der Waals surface area contributed by atoms with E-state index in [0.29, 0.717) is 5.56 Å². The topological polar surface area (TPSA) is 99.3 Å². The molecule has 0 fully saturated rings. The molecule has 0 aliphatic carbocycles. The number of carboxylic acids is 1. The summed E-state index contributed by atoms with van der Waals surface area (Å²) < 4.78 is 0. The largest absolute Gasteiger partial charge is 0.480 e. The van der Waals surface area contributed by atoms with Gasteiger partial charge in [0.05, 0.1) is 0 Å². The number of aliphatic hydroxyl groups excluding tert-OH is 1. The normalized spacial score (nSPS) is 14.9. The van der Waals surface area contributed by atoms with Gasteiger partial charge in [0.1, 0.15) is 12.1 Å². The molecule has 1 heterocycles. The Morgan fingerprint density at radius 3 is 2.75 bits per heavy atom. The Labute approximate surface area is 91.5 Å². The van der Waals surface area contributed by atoms with Crippen molar-refractivity contribution >= 4 is 16.9 Å². The molecule has 1 aromatic carbocycles. The Balaban J connectivity index is 2.44. The van der Waals surface area contributed by atoms with Crippen molar-refractivity contribution in [3.63, 3.8) is 0 Å². The van der Waals surface area contributed by atoms with Crippen LogP contribution in [0.15, 0.2) is 30.5 Å². The summed E-state index contributed by atoms with van der Waals surface area (Å²) in [6, 6.07) is 6.00. The molecule has 0 radical (unpaired) electrons. The highest BCUT2D eigenvalue weighted by atomic mass is 16.4. The van der Waals surface area contributed by atoms with E-state index in [9.17, 15) is 9.90 Å². The Kier molecular flexibility index (Phi) is 2.64. The number of carboxylic acid groups (broad SMARTS) is 1. The third-order valence-electron chi connectivity index (χ3n) is 2.57. The number of aromatic amines is 1. The monoisotopic (exact) mass is 220 g/mol. The van der Waals surface area contributed by atoms with Crippen LogP contribution in [0.2, 0.25) is 0 Å². The van der Waals surface area contributed by atoms with Crippen molar-refractivity contribution in [2.75, 3.05) is 0 Å². The van der Waals surface area contributed by atoms with E-state index in [1.54, 1.807) is 12.3 Å². The van der Waals surface area contributed by atoms with Crippen molar-refractivity contribution < 1.29 is 15.0 Å². The first kappa shape index (κ1) is 10.7. The molecule has 5 nitrogen and oxygen atoms in total. The van der Waals surface area contributed by atoms with Gasteiger partial charge in [0, 0.05) is 22.7 Å². The molecule has 2 atom stereocenters. The lowest BCUT2D eigenvalue weighted by Crippen LogP contribution is -2.36. The van der Waals surface area contributed by atoms with Gasteiger partial charge in [-0.25, -0.2) is 0 Å². The zero-order valence-electron chi connectivity index (χ0n) is 8.42. The minimum Gasteiger partial charge on any atom is -0.480 e. The number of aliphatic carboxylic acids is 1. The molecule has 0 saturated carbocycles.